The van der Waals surface area contributed by atoms with E-state index in [-0.39, 0.29) is 12.3 Å². The summed E-state index contributed by atoms with van der Waals surface area (Å²) in [6.07, 6.45) is 1.55. The summed E-state index contributed by atoms with van der Waals surface area (Å²) in [6.45, 7) is 0.572. The Morgan fingerprint density at radius 1 is 1.22 bits per heavy atom. The van der Waals surface area contributed by atoms with E-state index in [2.05, 4.69) is 37.0 Å². The Morgan fingerprint density at radius 2 is 1.94 bits per heavy atom. The average Bonchev–Trinajstić information content (AvgIpc) is 2.40. The number of aromatic nitrogens is 2. The van der Waals surface area contributed by atoms with Gasteiger partial charge in [0.2, 0.25) is 0 Å². The fraction of sp³-hybridized carbons (Fsp3) is 0.167. The molecular weight excluding hydrogens is 364 g/mol. The smallest absolute Gasteiger partial charge is 0.284 e. The third-order valence-electron chi connectivity index (χ3n) is 2.27. The predicted octanol–water partition coefficient (Wildman–Crippen LogP) is 2.94. The summed E-state index contributed by atoms with van der Waals surface area (Å²) in [5.74, 6) is 0. The van der Waals surface area contributed by atoms with E-state index in [0.29, 0.717) is 15.6 Å². The van der Waals surface area contributed by atoms with E-state index >= 15 is 0 Å². The summed E-state index contributed by atoms with van der Waals surface area (Å²) in [4.78, 5) is 11.8. The van der Waals surface area contributed by atoms with Gasteiger partial charge in [0, 0.05) is 0 Å². The van der Waals surface area contributed by atoms with Crippen molar-refractivity contribution in [3.8, 4) is 0 Å². The van der Waals surface area contributed by atoms with Crippen LogP contribution in [0, 0.1) is 0 Å². The molecule has 0 fully saturated rings. The van der Waals surface area contributed by atoms with Gasteiger partial charge in [-0.05, 0) is 37.4 Å². The second-order valence-electron chi connectivity index (χ2n) is 3.57. The molecule has 18 heavy (non-hydrogen) atoms. The zero-order chi connectivity index (χ0) is 13.0. The third kappa shape index (κ3) is 3.28. The maximum atomic E-state index is 11.8. The highest BCUT2D eigenvalue weighted by Gasteiger charge is 2.06. The lowest BCUT2D eigenvalue weighted by molar-refractivity contribution is 0.0526. The van der Waals surface area contributed by atoms with Crippen LogP contribution >= 0.6 is 31.9 Å². The van der Waals surface area contributed by atoms with Gasteiger partial charge in [-0.3, -0.25) is 4.79 Å². The molecule has 0 N–H and O–H groups in total. The first-order valence-corrected chi connectivity index (χ1v) is 6.80. The zero-order valence-corrected chi connectivity index (χ0v) is 12.5. The van der Waals surface area contributed by atoms with Crippen LogP contribution in [0.2, 0.25) is 0 Å². The Balaban J connectivity index is 1.99. The van der Waals surface area contributed by atoms with Crippen molar-refractivity contribution in [2.24, 2.45) is 0 Å². The molecule has 0 radical (unpaired) electrons. The van der Waals surface area contributed by atoms with Gasteiger partial charge < -0.3 is 4.74 Å². The summed E-state index contributed by atoms with van der Waals surface area (Å²) in [5, 5.41) is 3.97. The lowest BCUT2D eigenvalue weighted by Gasteiger charge is -2.07. The first kappa shape index (κ1) is 13.5. The van der Waals surface area contributed by atoms with E-state index in [9.17, 15) is 4.79 Å². The predicted molar refractivity (Wildman–Crippen MR) is 75.1 cm³/mol. The molecule has 4 nitrogen and oxygen atoms in total. The Morgan fingerprint density at radius 3 is 2.67 bits per heavy atom. The SMILES string of the molecule is O=c1c(Br)c(Br)cnn1COCc1ccccc1. The van der Waals surface area contributed by atoms with Crippen molar-refractivity contribution in [1.82, 2.24) is 9.78 Å². The number of benzene rings is 1. The molecule has 0 saturated carbocycles. The van der Waals surface area contributed by atoms with Crippen molar-refractivity contribution in [1.29, 1.82) is 0 Å². The molecule has 6 heteroatoms. The van der Waals surface area contributed by atoms with Gasteiger partial charge in [0.25, 0.3) is 5.56 Å². The van der Waals surface area contributed by atoms with Crippen molar-refractivity contribution < 1.29 is 4.74 Å². The molecule has 1 aromatic heterocycles. The van der Waals surface area contributed by atoms with Gasteiger partial charge in [0.15, 0.2) is 0 Å². The van der Waals surface area contributed by atoms with Crippen LogP contribution < -0.4 is 5.56 Å². The van der Waals surface area contributed by atoms with E-state index < -0.39 is 0 Å². The normalized spacial score (nSPS) is 10.6. The van der Waals surface area contributed by atoms with Crippen LogP contribution in [-0.4, -0.2) is 9.78 Å². The summed E-state index contributed by atoms with van der Waals surface area (Å²) in [6, 6.07) is 9.77. The van der Waals surface area contributed by atoms with Crippen LogP contribution in [0.25, 0.3) is 0 Å². The number of nitrogens with zero attached hydrogens (tertiary/aromatic N) is 2. The summed E-state index contributed by atoms with van der Waals surface area (Å²) in [5.41, 5.74) is 0.833. The molecule has 0 saturated heterocycles. The van der Waals surface area contributed by atoms with Crippen molar-refractivity contribution in [3.63, 3.8) is 0 Å². The van der Waals surface area contributed by atoms with Crippen LogP contribution in [0.15, 0.2) is 50.3 Å². The molecule has 0 aliphatic rings. The van der Waals surface area contributed by atoms with E-state index in [4.69, 9.17) is 4.74 Å². The van der Waals surface area contributed by atoms with Gasteiger partial charge in [0.1, 0.15) is 11.2 Å². The molecule has 94 valence electrons. The van der Waals surface area contributed by atoms with Crippen LogP contribution in [0.3, 0.4) is 0 Å². The van der Waals surface area contributed by atoms with E-state index in [1.54, 1.807) is 6.20 Å². The Kier molecular flexibility index (Phi) is 4.68. The zero-order valence-electron chi connectivity index (χ0n) is 9.35. The molecule has 0 amide bonds. The third-order valence-corrected chi connectivity index (χ3v) is 4.17. The maximum Gasteiger partial charge on any atom is 0.284 e. The van der Waals surface area contributed by atoms with Gasteiger partial charge in [-0.1, -0.05) is 30.3 Å². The van der Waals surface area contributed by atoms with E-state index in [1.807, 2.05) is 30.3 Å². The largest absolute Gasteiger partial charge is 0.354 e. The van der Waals surface area contributed by atoms with E-state index in [1.165, 1.54) is 4.68 Å². The molecule has 0 aliphatic carbocycles. The molecule has 0 spiro atoms. The average molecular weight is 374 g/mol. The number of halogens is 2. The lowest BCUT2D eigenvalue weighted by Crippen LogP contribution is -2.24. The molecule has 2 aromatic rings. The molecule has 0 unspecified atom stereocenters. The highest BCUT2D eigenvalue weighted by Crippen LogP contribution is 2.16. The second-order valence-corrected chi connectivity index (χ2v) is 5.22. The van der Waals surface area contributed by atoms with Crippen molar-refractivity contribution in [2.75, 3.05) is 0 Å². The topological polar surface area (TPSA) is 44.1 Å². The number of hydrogen-bond donors (Lipinski definition) is 0. The first-order chi connectivity index (χ1) is 8.68. The molecule has 0 bridgehead atoms. The van der Waals surface area contributed by atoms with Gasteiger partial charge in [-0.25, -0.2) is 4.68 Å². The fourth-order valence-electron chi connectivity index (χ4n) is 1.36. The van der Waals surface area contributed by atoms with Gasteiger partial charge in [-0.15, -0.1) is 0 Å². The lowest BCUT2D eigenvalue weighted by atomic mass is 10.2. The Bertz CT molecular complexity index is 584. The van der Waals surface area contributed by atoms with Crippen LogP contribution in [0.1, 0.15) is 5.56 Å². The highest BCUT2D eigenvalue weighted by atomic mass is 79.9. The Labute approximate surface area is 121 Å². The molecule has 1 aromatic carbocycles. The first-order valence-electron chi connectivity index (χ1n) is 5.21. The fourth-order valence-corrected chi connectivity index (χ4v) is 1.93. The van der Waals surface area contributed by atoms with Gasteiger partial charge >= 0.3 is 0 Å². The van der Waals surface area contributed by atoms with Crippen LogP contribution in [0.5, 0.6) is 0 Å². The highest BCUT2D eigenvalue weighted by molar-refractivity contribution is 9.13. The molecule has 1 heterocycles. The quantitative estimate of drug-likeness (QED) is 0.827. The molecule has 0 atom stereocenters. The van der Waals surface area contributed by atoms with Gasteiger partial charge in [0.05, 0.1) is 17.3 Å². The second kappa shape index (κ2) is 6.26. The van der Waals surface area contributed by atoms with Crippen LogP contribution in [0.4, 0.5) is 0 Å². The molecular formula is C12H10Br2N2O2. The minimum absolute atomic E-state index is 0.125. The van der Waals surface area contributed by atoms with Crippen LogP contribution in [-0.2, 0) is 18.1 Å². The summed E-state index contributed by atoms with van der Waals surface area (Å²) < 4.78 is 7.78. The minimum Gasteiger partial charge on any atom is -0.354 e. The molecule has 2 rings (SSSR count). The summed E-state index contributed by atoms with van der Waals surface area (Å²) >= 11 is 6.41. The number of ether oxygens (including phenoxy) is 1. The standard InChI is InChI=1S/C12H10Br2N2O2/c13-10-6-15-16(12(17)11(10)14)8-18-7-9-4-2-1-3-5-9/h1-6H,7-8H2. The van der Waals surface area contributed by atoms with Crippen molar-refractivity contribution in [2.45, 2.75) is 13.3 Å². The molecule has 0 aliphatic heterocycles. The maximum absolute atomic E-state index is 11.8. The van der Waals surface area contributed by atoms with E-state index in [0.717, 1.165) is 5.56 Å². The number of hydrogen-bond acceptors (Lipinski definition) is 3. The van der Waals surface area contributed by atoms with Crippen molar-refractivity contribution in [3.05, 3.63) is 61.4 Å². The Hall–Kier alpha value is -0.980. The number of rotatable bonds is 4. The monoisotopic (exact) mass is 372 g/mol. The summed E-state index contributed by atoms with van der Waals surface area (Å²) in [7, 11) is 0. The minimum atomic E-state index is -0.225. The van der Waals surface area contributed by atoms with Gasteiger partial charge in [-0.2, -0.15) is 5.10 Å². The van der Waals surface area contributed by atoms with Crippen molar-refractivity contribution >= 4 is 31.9 Å².